The fourth-order valence-corrected chi connectivity index (χ4v) is 2.59. The number of hydrogen-bond donors (Lipinski definition) is 1. The molecule has 3 rings (SSSR count). The highest BCUT2D eigenvalue weighted by Crippen LogP contribution is 2.23. The average molecular weight is 308 g/mol. The molecule has 2 aromatic carbocycles. The summed E-state index contributed by atoms with van der Waals surface area (Å²) in [5, 5.41) is 14.6. The smallest absolute Gasteiger partial charge is 0.126 e. The van der Waals surface area contributed by atoms with Gasteiger partial charge >= 0.3 is 0 Å². The topological polar surface area (TPSA) is 53.7 Å². The molecule has 5 heteroatoms. The maximum atomic E-state index is 10.2. The van der Waals surface area contributed by atoms with Crippen LogP contribution in [0.2, 0.25) is 0 Å². The lowest BCUT2D eigenvalue weighted by atomic mass is 10.2. The summed E-state index contributed by atoms with van der Waals surface area (Å²) in [5.41, 5.74) is 3.52. The lowest BCUT2D eigenvalue weighted by molar-refractivity contribution is 0.474. The van der Waals surface area contributed by atoms with Crippen LogP contribution in [0, 0.1) is 0 Å². The fraction of sp³-hybridized carbons (Fsp3) is 0.222. The van der Waals surface area contributed by atoms with Gasteiger partial charge in [-0.3, -0.25) is 0 Å². The molecule has 5 nitrogen and oxygen atoms in total. The lowest BCUT2D eigenvalue weighted by Gasteiger charge is -2.21. The van der Waals surface area contributed by atoms with Gasteiger partial charge in [0.15, 0.2) is 0 Å². The normalized spacial score (nSPS) is 11.4. The van der Waals surface area contributed by atoms with Crippen LogP contribution in [-0.2, 0) is 0 Å². The predicted molar refractivity (Wildman–Crippen MR) is 94.4 cm³/mol. The van der Waals surface area contributed by atoms with E-state index in [0.29, 0.717) is 5.56 Å². The van der Waals surface area contributed by atoms with Crippen molar-refractivity contribution in [3.05, 3.63) is 54.4 Å². The number of imidazole rings is 1. The van der Waals surface area contributed by atoms with Crippen molar-refractivity contribution in [2.24, 2.45) is 5.10 Å². The van der Waals surface area contributed by atoms with Crippen molar-refractivity contribution in [2.45, 2.75) is 13.8 Å². The molecule has 0 aliphatic carbocycles. The molecule has 0 bridgehead atoms. The minimum Gasteiger partial charge on any atom is -0.507 e. The van der Waals surface area contributed by atoms with E-state index in [1.54, 1.807) is 23.3 Å². The number of aromatic hydroxyl groups is 1. The Bertz CT molecular complexity index is 834. The molecule has 0 aliphatic heterocycles. The molecule has 0 radical (unpaired) electrons. The zero-order valence-corrected chi connectivity index (χ0v) is 13.3. The second-order valence-corrected chi connectivity index (χ2v) is 5.24. The van der Waals surface area contributed by atoms with Gasteiger partial charge in [0.25, 0.3) is 0 Å². The van der Waals surface area contributed by atoms with Gasteiger partial charge in [-0.15, -0.1) is 0 Å². The third-order valence-electron chi connectivity index (χ3n) is 3.90. The van der Waals surface area contributed by atoms with Crippen LogP contribution in [0.4, 0.5) is 5.69 Å². The zero-order valence-electron chi connectivity index (χ0n) is 13.3. The first-order chi connectivity index (χ1) is 11.2. The van der Waals surface area contributed by atoms with Crippen molar-refractivity contribution >= 4 is 22.9 Å². The molecule has 0 unspecified atom stereocenters. The van der Waals surface area contributed by atoms with Crippen LogP contribution in [0.3, 0.4) is 0 Å². The van der Waals surface area contributed by atoms with Gasteiger partial charge in [0, 0.05) is 30.4 Å². The van der Waals surface area contributed by atoms with Crippen LogP contribution in [-0.4, -0.2) is 34.1 Å². The van der Waals surface area contributed by atoms with Crippen molar-refractivity contribution < 1.29 is 5.11 Å². The second kappa shape index (κ2) is 6.52. The molecule has 0 saturated heterocycles. The van der Waals surface area contributed by atoms with E-state index >= 15 is 0 Å². The van der Waals surface area contributed by atoms with E-state index < -0.39 is 0 Å². The summed E-state index contributed by atoms with van der Waals surface area (Å²) in [5.74, 6) is 0.225. The fourth-order valence-electron chi connectivity index (χ4n) is 2.59. The number of anilines is 1. The molecule has 0 fully saturated rings. The summed E-state index contributed by atoms with van der Waals surface area (Å²) < 4.78 is 1.70. The van der Waals surface area contributed by atoms with E-state index in [2.05, 4.69) is 28.8 Å². The summed E-state index contributed by atoms with van der Waals surface area (Å²) in [4.78, 5) is 6.48. The quantitative estimate of drug-likeness (QED) is 0.734. The minimum atomic E-state index is 0.225. The van der Waals surface area contributed by atoms with Gasteiger partial charge < -0.3 is 10.0 Å². The van der Waals surface area contributed by atoms with Crippen molar-refractivity contribution in [1.82, 2.24) is 9.66 Å². The van der Waals surface area contributed by atoms with Crippen LogP contribution < -0.4 is 4.90 Å². The molecule has 1 aromatic heterocycles. The number of phenolic OH excluding ortho intramolecular Hbond substituents is 1. The highest BCUT2D eigenvalue weighted by molar-refractivity contribution is 5.85. The molecule has 0 atom stereocenters. The summed E-state index contributed by atoms with van der Waals surface area (Å²) in [6.45, 7) is 6.01. The Morgan fingerprint density at radius 1 is 1.17 bits per heavy atom. The SMILES string of the molecule is CCN(CC)c1ccc(/C=N/n2cnc3ccccc32)c(O)c1. The molecule has 0 aliphatic rings. The number of phenols is 1. The monoisotopic (exact) mass is 308 g/mol. The third-order valence-corrected chi connectivity index (χ3v) is 3.90. The molecular weight excluding hydrogens is 288 g/mol. The maximum Gasteiger partial charge on any atom is 0.126 e. The largest absolute Gasteiger partial charge is 0.507 e. The van der Waals surface area contributed by atoms with E-state index in [1.165, 1.54) is 0 Å². The van der Waals surface area contributed by atoms with E-state index in [-0.39, 0.29) is 5.75 Å². The Hall–Kier alpha value is -2.82. The number of nitrogens with zero attached hydrogens (tertiary/aromatic N) is 4. The highest BCUT2D eigenvalue weighted by atomic mass is 16.3. The average Bonchev–Trinajstić information content (AvgIpc) is 2.98. The molecule has 0 spiro atoms. The van der Waals surface area contributed by atoms with Crippen LogP contribution in [0.15, 0.2) is 53.9 Å². The Kier molecular flexibility index (Phi) is 4.28. The van der Waals surface area contributed by atoms with Crippen molar-refractivity contribution in [2.75, 3.05) is 18.0 Å². The lowest BCUT2D eigenvalue weighted by Crippen LogP contribution is -2.21. The van der Waals surface area contributed by atoms with Crippen LogP contribution in [0.1, 0.15) is 19.4 Å². The Balaban J connectivity index is 1.88. The molecule has 118 valence electrons. The second-order valence-electron chi connectivity index (χ2n) is 5.24. The van der Waals surface area contributed by atoms with Crippen molar-refractivity contribution in [3.63, 3.8) is 0 Å². The number of fused-ring (bicyclic) bond motifs is 1. The van der Waals surface area contributed by atoms with Crippen molar-refractivity contribution in [1.29, 1.82) is 0 Å². The first-order valence-electron chi connectivity index (χ1n) is 7.77. The molecule has 1 heterocycles. The Morgan fingerprint density at radius 3 is 2.70 bits per heavy atom. The van der Waals surface area contributed by atoms with Gasteiger partial charge in [0.2, 0.25) is 0 Å². The summed E-state index contributed by atoms with van der Waals surface area (Å²) >= 11 is 0. The van der Waals surface area contributed by atoms with E-state index in [0.717, 1.165) is 29.8 Å². The molecule has 0 amide bonds. The van der Waals surface area contributed by atoms with Crippen molar-refractivity contribution in [3.8, 4) is 5.75 Å². The molecule has 23 heavy (non-hydrogen) atoms. The van der Waals surface area contributed by atoms with Gasteiger partial charge in [-0.25, -0.2) is 9.66 Å². The third kappa shape index (κ3) is 3.04. The minimum absolute atomic E-state index is 0.225. The summed E-state index contributed by atoms with van der Waals surface area (Å²) in [6.07, 6.45) is 3.32. The van der Waals surface area contributed by atoms with Crippen LogP contribution in [0.25, 0.3) is 11.0 Å². The summed E-state index contributed by atoms with van der Waals surface area (Å²) in [7, 11) is 0. The highest BCUT2D eigenvalue weighted by Gasteiger charge is 2.06. The molecular formula is C18H20N4O. The number of benzene rings is 2. The zero-order chi connectivity index (χ0) is 16.2. The van der Waals surface area contributed by atoms with Crippen LogP contribution >= 0.6 is 0 Å². The number of para-hydroxylation sites is 2. The van der Waals surface area contributed by atoms with Crippen LogP contribution in [0.5, 0.6) is 5.75 Å². The van der Waals surface area contributed by atoms with E-state index in [4.69, 9.17) is 0 Å². The van der Waals surface area contributed by atoms with E-state index in [9.17, 15) is 5.11 Å². The number of rotatable bonds is 5. The molecule has 0 saturated carbocycles. The maximum absolute atomic E-state index is 10.2. The molecule has 1 N–H and O–H groups in total. The Morgan fingerprint density at radius 2 is 1.96 bits per heavy atom. The summed E-state index contributed by atoms with van der Waals surface area (Å²) in [6, 6.07) is 13.5. The number of hydrogen-bond acceptors (Lipinski definition) is 4. The standard InChI is InChI=1S/C18H20N4O/c1-3-21(4-2)15-10-9-14(18(23)11-15)12-20-22-13-19-16-7-5-6-8-17(16)22/h5-13,23H,3-4H2,1-2H3/b20-12+. The van der Waals surface area contributed by atoms with Gasteiger partial charge in [-0.2, -0.15) is 5.10 Å². The van der Waals surface area contributed by atoms with Gasteiger partial charge in [0.05, 0.1) is 17.2 Å². The van der Waals surface area contributed by atoms with E-state index in [1.807, 2.05) is 36.4 Å². The van der Waals surface area contributed by atoms with Gasteiger partial charge in [-0.05, 0) is 38.1 Å². The Labute approximate surface area is 135 Å². The predicted octanol–water partition coefficient (Wildman–Crippen LogP) is 3.47. The number of aromatic nitrogens is 2. The molecule has 3 aromatic rings. The van der Waals surface area contributed by atoms with Gasteiger partial charge in [-0.1, -0.05) is 12.1 Å². The first kappa shape index (κ1) is 15.1. The first-order valence-corrected chi connectivity index (χ1v) is 7.77. The van der Waals surface area contributed by atoms with Gasteiger partial charge in [0.1, 0.15) is 12.1 Å².